The molecule has 0 aliphatic heterocycles. The summed E-state index contributed by atoms with van der Waals surface area (Å²) in [5.74, 6) is -0.711. The Morgan fingerprint density at radius 3 is 2.03 bits per heavy atom. The molecule has 1 heterocycles. The van der Waals surface area contributed by atoms with E-state index in [0.717, 1.165) is 58.9 Å². The molecule has 146 valence electrons. The number of anilines is 2. The topological polar surface area (TPSA) is 62.2 Å². The van der Waals surface area contributed by atoms with Gasteiger partial charge < -0.3 is 10.4 Å². The van der Waals surface area contributed by atoms with Crippen LogP contribution >= 0.6 is 0 Å². The number of unbranched alkanes of at least 4 members (excludes halogenated alkanes) is 2. The molecule has 4 nitrogen and oxygen atoms in total. The third-order valence-corrected chi connectivity index (χ3v) is 5.17. The van der Waals surface area contributed by atoms with E-state index in [1.54, 1.807) is 0 Å². The van der Waals surface area contributed by atoms with E-state index < -0.39 is 5.97 Å². The van der Waals surface area contributed by atoms with Crippen LogP contribution in [0, 0.1) is 0 Å². The Kier molecular flexibility index (Phi) is 5.71. The number of rotatable bonds is 8. The summed E-state index contributed by atoms with van der Waals surface area (Å²) in [5.41, 5.74) is 5.35. The zero-order valence-electron chi connectivity index (χ0n) is 16.3. The van der Waals surface area contributed by atoms with Crippen molar-refractivity contribution in [3.63, 3.8) is 0 Å². The van der Waals surface area contributed by atoms with E-state index in [9.17, 15) is 4.79 Å². The fourth-order valence-electron chi connectivity index (χ4n) is 3.66. The first-order chi connectivity index (χ1) is 14.2. The lowest BCUT2D eigenvalue weighted by Gasteiger charge is -2.13. The zero-order chi connectivity index (χ0) is 20.1. The van der Waals surface area contributed by atoms with Gasteiger partial charge in [0.1, 0.15) is 0 Å². The van der Waals surface area contributed by atoms with Crippen LogP contribution in [0.1, 0.15) is 31.2 Å². The predicted molar refractivity (Wildman–Crippen MR) is 119 cm³/mol. The number of hydrogen-bond acceptors (Lipinski definition) is 3. The second kappa shape index (κ2) is 8.74. The minimum atomic E-state index is -0.711. The van der Waals surface area contributed by atoms with Crippen LogP contribution in [0.15, 0.2) is 72.8 Å². The summed E-state index contributed by atoms with van der Waals surface area (Å²) < 4.78 is 0. The maximum absolute atomic E-state index is 10.6. The Morgan fingerprint density at radius 1 is 0.793 bits per heavy atom. The number of carboxylic acid groups (broad SMARTS) is 1. The normalized spacial score (nSPS) is 11.0. The Labute approximate surface area is 170 Å². The van der Waals surface area contributed by atoms with Crippen LogP contribution in [0.5, 0.6) is 0 Å². The molecule has 0 fully saturated rings. The molecule has 4 heteroatoms. The molecule has 0 unspecified atom stereocenters. The van der Waals surface area contributed by atoms with E-state index in [0.29, 0.717) is 0 Å². The lowest BCUT2D eigenvalue weighted by molar-refractivity contribution is -0.137. The third kappa shape index (κ3) is 4.54. The highest BCUT2D eigenvalue weighted by molar-refractivity contribution is 6.08. The van der Waals surface area contributed by atoms with Crippen LogP contribution in [0.2, 0.25) is 0 Å². The number of aryl methyl sites for hydroxylation is 1. The molecule has 0 spiro atoms. The van der Waals surface area contributed by atoms with Crippen molar-refractivity contribution in [2.45, 2.75) is 32.1 Å². The van der Waals surface area contributed by atoms with Gasteiger partial charge in [-0.25, -0.2) is 4.98 Å². The molecule has 4 aromatic rings. The number of carbonyl (C=O) groups is 1. The maximum Gasteiger partial charge on any atom is 0.303 e. The second-order valence-electron chi connectivity index (χ2n) is 7.30. The minimum absolute atomic E-state index is 0.261. The summed E-state index contributed by atoms with van der Waals surface area (Å²) in [7, 11) is 0. The molecule has 29 heavy (non-hydrogen) atoms. The number of hydrogen-bond donors (Lipinski definition) is 2. The Bertz CT molecular complexity index is 1080. The summed E-state index contributed by atoms with van der Waals surface area (Å²) in [5, 5.41) is 14.5. The Morgan fingerprint density at radius 2 is 1.41 bits per heavy atom. The van der Waals surface area contributed by atoms with E-state index in [1.165, 1.54) is 5.56 Å². The van der Waals surface area contributed by atoms with Gasteiger partial charge in [-0.15, -0.1) is 0 Å². The van der Waals surface area contributed by atoms with Crippen LogP contribution in [0.4, 0.5) is 11.4 Å². The molecular formula is C25H24N2O2. The van der Waals surface area contributed by atoms with Crippen LogP contribution in [-0.2, 0) is 11.2 Å². The number of fused-ring (bicyclic) bond motifs is 2. The van der Waals surface area contributed by atoms with Gasteiger partial charge in [0.2, 0.25) is 0 Å². The van der Waals surface area contributed by atoms with Crippen LogP contribution in [-0.4, -0.2) is 16.1 Å². The number of para-hydroxylation sites is 2. The number of pyridine rings is 1. The Balaban J connectivity index is 1.52. The standard InChI is InChI=1S/C25H24N2O2/c28-24(29)13-3-1-2-8-18-14-16-19(17-15-18)26-25-20-9-4-6-11-22(20)27-23-12-7-5-10-21(23)25/h4-7,9-12,14-17H,1-3,8,13H2,(H,26,27)(H,28,29). The van der Waals surface area contributed by atoms with E-state index in [-0.39, 0.29) is 6.42 Å². The number of nitrogens with one attached hydrogen (secondary N) is 1. The summed E-state index contributed by atoms with van der Waals surface area (Å²) in [4.78, 5) is 15.3. The molecule has 4 rings (SSSR count). The van der Waals surface area contributed by atoms with Crippen LogP contribution in [0.25, 0.3) is 21.8 Å². The van der Waals surface area contributed by atoms with Gasteiger partial charge in [-0.3, -0.25) is 4.79 Å². The van der Waals surface area contributed by atoms with Crippen molar-refractivity contribution in [1.82, 2.24) is 4.98 Å². The number of benzene rings is 3. The number of aromatic nitrogens is 1. The minimum Gasteiger partial charge on any atom is -0.481 e. The molecule has 0 atom stereocenters. The van der Waals surface area contributed by atoms with Gasteiger partial charge in [-0.2, -0.15) is 0 Å². The van der Waals surface area contributed by atoms with E-state index >= 15 is 0 Å². The van der Waals surface area contributed by atoms with Gasteiger partial charge in [-0.05, 0) is 49.1 Å². The molecule has 0 saturated heterocycles. The first-order valence-corrected chi connectivity index (χ1v) is 10.1. The SMILES string of the molecule is O=C(O)CCCCCc1ccc(Nc2c3ccccc3nc3ccccc23)cc1. The third-order valence-electron chi connectivity index (χ3n) is 5.17. The monoisotopic (exact) mass is 384 g/mol. The molecular weight excluding hydrogens is 360 g/mol. The van der Waals surface area contributed by atoms with Gasteiger partial charge in [0, 0.05) is 22.9 Å². The smallest absolute Gasteiger partial charge is 0.303 e. The van der Waals surface area contributed by atoms with Gasteiger partial charge >= 0.3 is 5.97 Å². The van der Waals surface area contributed by atoms with Crippen LogP contribution < -0.4 is 5.32 Å². The summed E-state index contributed by atoms with van der Waals surface area (Å²) in [6.07, 6.45) is 3.94. The molecule has 2 N–H and O–H groups in total. The number of aliphatic carboxylic acids is 1. The molecule has 3 aromatic carbocycles. The van der Waals surface area contributed by atoms with Crippen LogP contribution in [0.3, 0.4) is 0 Å². The predicted octanol–water partition coefficient (Wildman–Crippen LogP) is 6.32. The summed E-state index contributed by atoms with van der Waals surface area (Å²) in [6, 6.07) is 24.9. The quantitative estimate of drug-likeness (QED) is 0.276. The molecule has 0 aliphatic rings. The van der Waals surface area contributed by atoms with E-state index in [4.69, 9.17) is 10.1 Å². The largest absolute Gasteiger partial charge is 0.481 e. The van der Waals surface area contributed by atoms with Crippen molar-refractivity contribution in [3.8, 4) is 0 Å². The highest BCUT2D eigenvalue weighted by Crippen LogP contribution is 2.33. The van der Waals surface area contributed by atoms with Crippen molar-refractivity contribution in [2.75, 3.05) is 5.32 Å². The fraction of sp³-hybridized carbons (Fsp3) is 0.200. The lowest BCUT2D eigenvalue weighted by Crippen LogP contribution is -1.96. The van der Waals surface area contributed by atoms with Crippen molar-refractivity contribution in [3.05, 3.63) is 78.4 Å². The average Bonchev–Trinajstić information content (AvgIpc) is 2.74. The van der Waals surface area contributed by atoms with E-state index in [2.05, 4.69) is 41.7 Å². The maximum atomic E-state index is 10.6. The average molecular weight is 384 g/mol. The van der Waals surface area contributed by atoms with Gasteiger partial charge in [0.25, 0.3) is 0 Å². The van der Waals surface area contributed by atoms with Crippen molar-refractivity contribution in [2.24, 2.45) is 0 Å². The lowest BCUT2D eigenvalue weighted by atomic mass is 10.0. The molecule has 0 radical (unpaired) electrons. The summed E-state index contributed by atoms with van der Waals surface area (Å²) in [6.45, 7) is 0. The fourth-order valence-corrected chi connectivity index (χ4v) is 3.66. The second-order valence-corrected chi connectivity index (χ2v) is 7.30. The highest BCUT2D eigenvalue weighted by atomic mass is 16.4. The first kappa shape index (κ1) is 18.9. The van der Waals surface area contributed by atoms with E-state index in [1.807, 2.05) is 36.4 Å². The summed E-state index contributed by atoms with van der Waals surface area (Å²) >= 11 is 0. The first-order valence-electron chi connectivity index (χ1n) is 10.1. The number of carboxylic acids is 1. The molecule has 1 aromatic heterocycles. The van der Waals surface area contributed by atoms with Crippen molar-refractivity contribution in [1.29, 1.82) is 0 Å². The number of nitrogens with zero attached hydrogens (tertiary/aromatic N) is 1. The Hall–Kier alpha value is -3.40. The molecule has 0 aliphatic carbocycles. The van der Waals surface area contributed by atoms with Crippen molar-refractivity contribution >= 4 is 39.1 Å². The molecule has 0 bridgehead atoms. The van der Waals surface area contributed by atoms with Gasteiger partial charge in [-0.1, -0.05) is 55.0 Å². The molecule has 0 saturated carbocycles. The highest BCUT2D eigenvalue weighted by Gasteiger charge is 2.09. The van der Waals surface area contributed by atoms with Gasteiger partial charge in [0.15, 0.2) is 0 Å². The van der Waals surface area contributed by atoms with Crippen molar-refractivity contribution < 1.29 is 9.90 Å². The molecule has 0 amide bonds. The van der Waals surface area contributed by atoms with Gasteiger partial charge in [0.05, 0.1) is 16.7 Å². The zero-order valence-corrected chi connectivity index (χ0v) is 16.3.